The van der Waals surface area contributed by atoms with Gasteiger partial charge in [-0.25, -0.2) is 0 Å². The van der Waals surface area contributed by atoms with E-state index in [2.05, 4.69) is 0 Å². The molecule has 0 aliphatic carbocycles. The van der Waals surface area contributed by atoms with E-state index in [0.717, 1.165) is 0 Å². The highest BCUT2D eigenvalue weighted by atomic mass is 16.9. The summed E-state index contributed by atoms with van der Waals surface area (Å²) in [5.74, 6) is 0. The van der Waals surface area contributed by atoms with Gasteiger partial charge in [-0.15, -0.1) is 20.2 Å². The van der Waals surface area contributed by atoms with Crippen molar-refractivity contribution in [3.63, 3.8) is 0 Å². The Morgan fingerprint density at radius 3 is 1.00 bits per heavy atom. The molecule has 0 aromatic carbocycles. The van der Waals surface area contributed by atoms with Gasteiger partial charge in [-0.05, 0) is 0 Å². The summed E-state index contributed by atoms with van der Waals surface area (Å²) in [6.07, 6.45) is -6.39. The van der Waals surface area contributed by atoms with Crippen LogP contribution in [0.25, 0.3) is 0 Å². The van der Waals surface area contributed by atoms with Crippen molar-refractivity contribution in [2.45, 2.75) is 24.4 Å². The van der Waals surface area contributed by atoms with Gasteiger partial charge in [0, 0.05) is 0 Å². The quantitative estimate of drug-likeness (QED) is 0.177. The Bertz CT molecular complexity index is 228. The first-order chi connectivity index (χ1) is 9.00. The van der Waals surface area contributed by atoms with E-state index in [4.69, 9.17) is 61.3 Å². The Kier molecular flexibility index (Phi) is 15.8. The van der Waals surface area contributed by atoms with Gasteiger partial charge in [0.2, 0.25) is 0 Å². The average molecular weight is 308 g/mol. The molecule has 0 spiro atoms. The lowest BCUT2D eigenvalue weighted by Crippen LogP contribution is -2.46. The largest absolute Gasteiger partial charge is 0.394 e. The van der Waals surface area contributed by atoms with Gasteiger partial charge >= 0.3 is 0 Å². The molecule has 14 heteroatoms. The Morgan fingerprint density at radius 2 is 0.900 bits per heavy atom. The minimum atomic E-state index is -1.67. The van der Waals surface area contributed by atoms with Gasteiger partial charge in [0.1, 0.15) is 24.4 Å². The number of hydrogen-bond donors (Lipinski definition) is 8. The van der Waals surface area contributed by atoms with E-state index in [1.807, 2.05) is 0 Å². The molecule has 0 saturated carbocycles. The predicted octanol–water partition coefficient (Wildman–Crippen LogP) is -4.28. The second-order valence-electron chi connectivity index (χ2n) is 2.96. The number of hydrogen-bond acceptors (Lipinski definition) is 10. The number of nitrogens with zero attached hydrogens (tertiary/aromatic N) is 2. The van der Waals surface area contributed by atoms with Gasteiger partial charge in [0.05, 0.1) is 13.2 Å². The fourth-order valence-corrected chi connectivity index (χ4v) is 0.671. The monoisotopic (exact) mass is 308 g/mol. The highest BCUT2D eigenvalue weighted by Crippen LogP contribution is 2.03. The normalized spacial score (nSPS) is 15.3. The topological polar surface area (TPSA) is 248 Å². The van der Waals surface area contributed by atoms with Crippen LogP contribution in [-0.4, -0.2) is 88.9 Å². The lowest BCUT2D eigenvalue weighted by atomic mass is 10.0. The molecule has 0 aliphatic rings. The molecule has 0 radical (unpaired) electrons. The van der Waals surface area contributed by atoms with Crippen LogP contribution in [-0.2, 0) is 0 Å². The van der Waals surface area contributed by atoms with E-state index >= 15 is 0 Å². The Labute approximate surface area is 110 Å². The van der Waals surface area contributed by atoms with Crippen LogP contribution in [0, 0.1) is 20.2 Å². The maximum atomic E-state index is 8.96. The zero-order valence-electron chi connectivity index (χ0n) is 9.83. The number of aliphatic hydroxyl groups is 6. The first-order valence-corrected chi connectivity index (χ1v) is 4.61. The molecular weight excluding hydrogens is 292 g/mol. The van der Waals surface area contributed by atoms with Crippen LogP contribution in [0.15, 0.2) is 0 Å². The Hall–Kier alpha value is -1.84. The molecule has 0 heterocycles. The number of aliphatic hydroxyl groups excluding tert-OH is 6. The average Bonchev–Trinajstić information content (AvgIpc) is 2.33. The fraction of sp³-hybridized carbons (Fsp3) is 1.00. The van der Waals surface area contributed by atoms with Crippen LogP contribution in [0.5, 0.6) is 0 Å². The molecule has 0 amide bonds. The van der Waals surface area contributed by atoms with E-state index in [-0.39, 0.29) is 0 Å². The first-order valence-electron chi connectivity index (χ1n) is 4.61. The van der Waals surface area contributed by atoms with Gasteiger partial charge in [0.25, 0.3) is 10.2 Å². The third-order valence-electron chi connectivity index (χ3n) is 1.51. The van der Waals surface area contributed by atoms with E-state index in [1.54, 1.807) is 0 Å². The molecule has 0 bridgehead atoms. The van der Waals surface area contributed by atoms with Crippen molar-refractivity contribution in [1.82, 2.24) is 0 Å². The Balaban J connectivity index is -0.000000297. The molecule has 0 unspecified atom stereocenters. The zero-order chi connectivity index (χ0) is 16.9. The van der Waals surface area contributed by atoms with Crippen molar-refractivity contribution in [2.24, 2.45) is 0 Å². The van der Waals surface area contributed by atoms with E-state index in [1.165, 1.54) is 0 Å². The molecule has 0 aromatic heterocycles. The minimum Gasteiger partial charge on any atom is -0.394 e. The summed E-state index contributed by atoms with van der Waals surface area (Å²) >= 11 is 0. The van der Waals surface area contributed by atoms with Crippen LogP contribution in [0.4, 0.5) is 0 Å². The van der Waals surface area contributed by atoms with E-state index < -0.39 is 47.8 Å². The summed E-state index contributed by atoms with van der Waals surface area (Å²) < 4.78 is 0. The molecule has 0 saturated heterocycles. The molecule has 4 atom stereocenters. The van der Waals surface area contributed by atoms with Crippen molar-refractivity contribution < 1.29 is 51.2 Å². The molecule has 0 aromatic rings. The summed E-state index contributed by atoms with van der Waals surface area (Å²) in [5.41, 5.74) is 0. The predicted molar refractivity (Wildman–Crippen MR) is 55.8 cm³/mol. The van der Waals surface area contributed by atoms with Crippen LogP contribution in [0.3, 0.4) is 0 Å². The summed E-state index contributed by atoms with van der Waals surface area (Å²) in [7, 11) is 0. The molecule has 20 heavy (non-hydrogen) atoms. The Morgan fingerprint density at radius 1 is 0.750 bits per heavy atom. The SMILES string of the molecule is O=[N+]([O-])O.O=[N+]([O-])O.OC[C@@H](O)[C@@H](O)[C@H](O)[C@@H](O)CO. The molecule has 14 nitrogen and oxygen atoms in total. The van der Waals surface area contributed by atoms with Gasteiger partial charge in [-0.2, -0.15) is 0 Å². The highest BCUT2D eigenvalue weighted by Gasteiger charge is 2.29. The highest BCUT2D eigenvalue weighted by molar-refractivity contribution is 4.79. The van der Waals surface area contributed by atoms with E-state index in [9.17, 15) is 0 Å². The van der Waals surface area contributed by atoms with Gasteiger partial charge in [-0.1, -0.05) is 0 Å². The third kappa shape index (κ3) is 18.5. The summed E-state index contributed by atoms with van der Waals surface area (Å²) in [5, 5.41) is 79.5. The lowest BCUT2D eigenvalue weighted by molar-refractivity contribution is -0.742. The molecule has 0 aliphatic heterocycles. The van der Waals surface area contributed by atoms with Crippen molar-refractivity contribution in [3.8, 4) is 0 Å². The molecule has 8 N–H and O–H groups in total. The van der Waals surface area contributed by atoms with Gasteiger partial charge < -0.3 is 41.1 Å². The maximum absolute atomic E-state index is 8.96. The maximum Gasteiger partial charge on any atom is 0.291 e. The fourth-order valence-electron chi connectivity index (χ4n) is 0.671. The summed E-state index contributed by atoms with van der Waals surface area (Å²) in [4.78, 5) is 16.7. The third-order valence-corrected chi connectivity index (χ3v) is 1.51. The van der Waals surface area contributed by atoms with Gasteiger partial charge in [-0.3, -0.25) is 0 Å². The number of rotatable bonds is 5. The summed E-state index contributed by atoms with van der Waals surface area (Å²) in [6, 6.07) is 0. The molecule has 0 rings (SSSR count). The van der Waals surface area contributed by atoms with Crippen LogP contribution in [0.2, 0.25) is 0 Å². The molecular formula is C6H16N2O12. The second-order valence-corrected chi connectivity index (χ2v) is 2.96. The van der Waals surface area contributed by atoms with E-state index in [0.29, 0.717) is 0 Å². The van der Waals surface area contributed by atoms with Crippen molar-refractivity contribution in [2.75, 3.05) is 13.2 Å². The molecule has 122 valence electrons. The van der Waals surface area contributed by atoms with Gasteiger partial charge in [0.15, 0.2) is 0 Å². The van der Waals surface area contributed by atoms with Crippen LogP contribution < -0.4 is 0 Å². The van der Waals surface area contributed by atoms with Crippen molar-refractivity contribution in [1.29, 1.82) is 0 Å². The second kappa shape index (κ2) is 13.6. The zero-order valence-corrected chi connectivity index (χ0v) is 9.83. The summed E-state index contributed by atoms with van der Waals surface area (Å²) in [6.45, 7) is -1.45. The van der Waals surface area contributed by atoms with Crippen LogP contribution >= 0.6 is 0 Å². The molecule has 0 fully saturated rings. The smallest absolute Gasteiger partial charge is 0.291 e. The van der Waals surface area contributed by atoms with Crippen molar-refractivity contribution in [3.05, 3.63) is 20.2 Å². The van der Waals surface area contributed by atoms with Crippen molar-refractivity contribution >= 4 is 0 Å². The minimum absolute atomic E-state index is 0.726. The standard InChI is InChI=1S/C6H14O6.2HNO3/c7-1-3(9)5(11)6(12)4(10)2-8;2*2-1(3)4/h3-12H,1-2H2;2*(H,2,3,4)/t3-,4+,5-,6-;;/m1../s1. The lowest BCUT2D eigenvalue weighted by Gasteiger charge is -2.24. The van der Waals surface area contributed by atoms with Crippen LogP contribution in [0.1, 0.15) is 0 Å². The first kappa shape index (κ1) is 23.3.